The maximum absolute atomic E-state index is 3.43. The molecule has 1 saturated carbocycles. The average Bonchev–Trinajstić information content (AvgIpc) is 2.92. The van der Waals surface area contributed by atoms with E-state index >= 15 is 0 Å². The van der Waals surface area contributed by atoms with Crippen LogP contribution in [-0.2, 0) is 0 Å². The Labute approximate surface area is 110 Å². The summed E-state index contributed by atoms with van der Waals surface area (Å²) < 4.78 is 0. The summed E-state index contributed by atoms with van der Waals surface area (Å²) >= 11 is 0. The summed E-state index contributed by atoms with van der Waals surface area (Å²) in [5.41, 5.74) is 0. The Morgan fingerprint density at radius 3 is 1.65 bits per heavy atom. The van der Waals surface area contributed by atoms with Crippen LogP contribution in [0.5, 0.6) is 0 Å². The molecule has 1 heteroatoms. The van der Waals surface area contributed by atoms with Crippen LogP contribution in [0.2, 0.25) is 0 Å². The minimum atomic E-state index is 1.19. The van der Waals surface area contributed by atoms with E-state index < -0.39 is 0 Å². The molecule has 104 valence electrons. The Morgan fingerprint density at radius 2 is 1.12 bits per heavy atom. The maximum Gasteiger partial charge on any atom is -0.00489 e. The van der Waals surface area contributed by atoms with Gasteiger partial charge in [0.2, 0.25) is 0 Å². The quantitative estimate of drug-likeness (QED) is 0.540. The molecule has 1 N–H and O–H groups in total. The molecule has 17 heavy (non-hydrogen) atoms. The smallest absolute Gasteiger partial charge is 0.00489 e. The molecule has 1 nitrogen and oxygen atoms in total. The average molecular weight is 241 g/mol. The predicted molar refractivity (Wildman–Crippen MR) is 79.6 cm³/mol. The standard InChI is InChI=1S/C11H25N.C5H10/c1-3-5-6-7-8-9-11-12-10-4-2;1-2-4-5-3-1/h12H,3-11H2,1-2H3;1-5H2. The lowest BCUT2D eigenvalue weighted by Gasteiger charge is -2.02. The van der Waals surface area contributed by atoms with Gasteiger partial charge in [0.05, 0.1) is 0 Å². The second-order valence-electron chi connectivity index (χ2n) is 5.29. The van der Waals surface area contributed by atoms with Crippen LogP contribution in [0.4, 0.5) is 0 Å². The Bertz CT molecular complexity index is 101. The Balaban J connectivity index is 0.000000419. The number of rotatable bonds is 9. The molecular formula is C16H35N. The van der Waals surface area contributed by atoms with E-state index in [2.05, 4.69) is 19.2 Å². The van der Waals surface area contributed by atoms with Crippen LogP contribution in [0.1, 0.15) is 90.9 Å². The highest BCUT2D eigenvalue weighted by molar-refractivity contribution is 4.51. The lowest BCUT2D eigenvalue weighted by Crippen LogP contribution is -2.15. The van der Waals surface area contributed by atoms with Gasteiger partial charge in [-0.05, 0) is 25.9 Å². The number of hydrogen-bond acceptors (Lipinski definition) is 1. The first-order valence-corrected chi connectivity index (χ1v) is 8.12. The number of unbranched alkanes of at least 4 members (excludes halogenated alkanes) is 5. The third-order valence-electron chi connectivity index (χ3n) is 3.38. The van der Waals surface area contributed by atoms with Gasteiger partial charge in [-0.25, -0.2) is 0 Å². The van der Waals surface area contributed by atoms with Gasteiger partial charge in [-0.1, -0.05) is 78.1 Å². The zero-order chi connectivity index (χ0) is 12.6. The van der Waals surface area contributed by atoms with Crippen LogP contribution in [-0.4, -0.2) is 13.1 Å². The predicted octanol–water partition coefficient (Wildman–Crippen LogP) is 5.30. The molecule has 1 aliphatic carbocycles. The van der Waals surface area contributed by atoms with Crippen LogP contribution < -0.4 is 5.32 Å². The van der Waals surface area contributed by atoms with E-state index in [9.17, 15) is 0 Å². The van der Waals surface area contributed by atoms with Crippen molar-refractivity contribution in [1.82, 2.24) is 5.32 Å². The maximum atomic E-state index is 3.43. The first kappa shape index (κ1) is 17.0. The van der Waals surface area contributed by atoms with Crippen LogP contribution >= 0.6 is 0 Å². The van der Waals surface area contributed by atoms with E-state index in [0.29, 0.717) is 0 Å². The molecule has 0 atom stereocenters. The van der Waals surface area contributed by atoms with Crippen molar-refractivity contribution in [3.63, 3.8) is 0 Å². The third-order valence-corrected chi connectivity index (χ3v) is 3.38. The van der Waals surface area contributed by atoms with Crippen molar-refractivity contribution in [2.75, 3.05) is 13.1 Å². The fourth-order valence-corrected chi connectivity index (χ4v) is 2.22. The lowest BCUT2D eigenvalue weighted by atomic mass is 10.1. The minimum Gasteiger partial charge on any atom is -0.317 e. The second-order valence-corrected chi connectivity index (χ2v) is 5.29. The third kappa shape index (κ3) is 16.0. The highest BCUT2D eigenvalue weighted by Gasteiger charge is 1.95. The van der Waals surface area contributed by atoms with Gasteiger partial charge in [0.25, 0.3) is 0 Å². The van der Waals surface area contributed by atoms with Crippen molar-refractivity contribution in [1.29, 1.82) is 0 Å². The van der Waals surface area contributed by atoms with Crippen LogP contribution in [0, 0.1) is 0 Å². The first-order chi connectivity index (χ1) is 8.41. The molecule has 0 aliphatic heterocycles. The van der Waals surface area contributed by atoms with Gasteiger partial charge >= 0.3 is 0 Å². The van der Waals surface area contributed by atoms with Crippen molar-refractivity contribution in [2.45, 2.75) is 90.9 Å². The molecular weight excluding hydrogens is 206 g/mol. The second kappa shape index (κ2) is 16.0. The SMILES string of the molecule is C1CCCC1.CCCCCCCCNCCC. The monoisotopic (exact) mass is 241 g/mol. The summed E-state index contributed by atoms with van der Waals surface area (Å²) in [5, 5.41) is 3.43. The topological polar surface area (TPSA) is 12.0 Å². The molecule has 0 saturated heterocycles. The van der Waals surface area contributed by atoms with Gasteiger partial charge in [0.15, 0.2) is 0 Å². The summed E-state index contributed by atoms with van der Waals surface area (Å²) in [6.45, 7) is 6.89. The molecule has 0 aromatic heterocycles. The molecule has 0 bridgehead atoms. The number of hydrogen-bond donors (Lipinski definition) is 1. The summed E-state index contributed by atoms with van der Waals surface area (Å²) in [7, 11) is 0. The van der Waals surface area contributed by atoms with Crippen molar-refractivity contribution < 1.29 is 0 Å². The summed E-state index contributed by atoms with van der Waals surface area (Å²) in [4.78, 5) is 0. The Kier molecular flexibility index (Phi) is 15.9. The zero-order valence-electron chi connectivity index (χ0n) is 12.4. The lowest BCUT2D eigenvalue weighted by molar-refractivity contribution is 0.570. The molecule has 0 spiro atoms. The first-order valence-electron chi connectivity index (χ1n) is 8.12. The molecule has 0 heterocycles. The van der Waals surface area contributed by atoms with E-state index in [1.54, 1.807) is 0 Å². The van der Waals surface area contributed by atoms with Gasteiger partial charge in [-0.3, -0.25) is 0 Å². The number of nitrogens with one attached hydrogen (secondary N) is 1. The van der Waals surface area contributed by atoms with Gasteiger partial charge in [0.1, 0.15) is 0 Å². The summed E-state index contributed by atoms with van der Waals surface area (Å²) in [5.74, 6) is 0. The normalized spacial score (nSPS) is 14.5. The highest BCUT2D eigenvalue weighted by Crippen LogP contribution is 2.15. The molecule has 0 amide bonds. The van der Waals surface area contributed by atoms with Gasteiger partial charge in [-0.2, -0.15) is 0 Å². The highest BCUT2D eigenvalue weighted by atomic mass is 14.8. The van der Waals surface area contributed by atoms with E-state index in [0.717, 1.165) is 0 Å². The van der Waals surface area contributed by atoms with E-state index in [-0.39, 0.29) is 0 Å². The fraction of sp³-hybridized carbons (Fsp3) is 1.00. The Hall–Kier alpha value is -0.0400. The fourth-order valence-electron chi connectivity index (χ4n) is 2.22. The Morgan fingerprint density at radius 1 is 0.588 bits per heavy atom. The molecule has 1 rings (SSSR count). The molecule has 0 unspecified atom stereocenters. The van der Waals surface area contributed by atoms with Crippen molar-refractivity contribution in [3.05, 3.63) is 0 Å². The largest absolute Gasteiger partial charge is 0.317 e. The van der Waals surface area contributed by atoms with E-state index in [1.165, 1.54) is 90.1 Å². The van der Waals surface area contributed by atoms with Crippen LogP contribution in [0.25, 0.3) is 0 Å². The van der Waals surface area contributed by atoms with Crippen molar-refractivity contribution >= 4 is 0 Å². The molecule has 0 aromatic rings. The molecule has 0 radical (unpaired) electrons. The summed E-state index contributed by atoms with van der Waals surface area (Å²) in [6, 6.07) is 0. The summed E-state index contributed by atoms with van der Waals surface area (Å²) in [6.07, 6.45) is 17.2. The van der Waals surface area contributed by atoms with E-state index in [4.69, 9.17) is 0 Å². The molecule has 1 aliphatic rings. The minimum absolute atomic E-state index is 1.19. The van der Waals surface area contributed by atoms with Gasteiger partial charge in [-0.15, -0.1) is 0 Å². The van der Waals surface area contributed by atoms with Crippen LogP contribution in [0.15, 0.2) is 0 Å². The van der Waals surface area contributed by atoms with Gasteiger partial charge < -0.3 is 5.32 Å². The van der Waals surface area contributed by atoms with E-state index in [1.807, 2.05) is 0 Å². The van der Waals surface area contributed by atoms with Crippen LogP contribution in [0.3, 0.4) is 0 Å². The zero-order valence-corrected chi connectivity index (χ0v) is 12.4. The molecule has 1 fully saturated rings. The van der Waals surface area contributed by atoms with Gasteiger partial charge in [0, 0.05) is 0 Å². The van der Waals surface area contributed by atoms with Crippen molar-refractivity contribution in [2.24, 2.45) is 0 Å². The molecule has 0 aromatic carbocycles. The van der Waals surface area contributed by atoms with Crippen molar-refractivity contribution in [3.8, 4) is 0 Å².